The molecule has 1 heterocycles. The van der Waals surface area contributed by atoms with Crippen molar-refractivity contribution >= 4 is 5.97 Å². The third-order valence-electron chi connectivity index (χ3n) is 6.59. The van der Waals surface area contributed by atoms with E-state index in [4.69, 9.17) is 18.9 Å². The molecule has 1 saturated heterocycles. The molecule has 2 aromatic carbocycles. The molecule has 1 unspecified atom stereocenters. The van der Waals surface area contributed by atoms with Crippen LogP contribution in [-0.4, -0.2) is 32.1 Å². The monoisotopic (exact) mass is 508 g/mol. The van der Waals surface area contributed by atoms with Crippen LogP contribution in [0.1, 0.15) is 84.0 Å². The van der Waals surface area contributed by atoms with Gasteiger partial charge in [-0.1, -0.05) is 75.8 Å². The minimum atomic E-state index is -0.279. The van der Waals surface area contributed by atoms with Crippen molar-refractivity contribution in [2.75, 3.05) is 19.8 Å². The van der Waals surface area contributed by atoms with Gasteiger partial charge in [0, 0.05) is 12.0 Å². The number of hydrogen-bond donors (Lipinski definition) is 0. The Balaban J connectivity index is 1.19. The zero-order chi connectivity index (χ0) is 26.1. The first-order chi connectivity index (χ1) is 18.1. The minimum absolute atomic E-state index is 0.112. The molecule has 37 heavy (non-hydrogen) atoms. The first-order valence-corrected chi connectivity index (χ1v) is 14.1. The summed E-state index contributed by atoms with van der Waals surface area (Å²) in [4.78, 5) is 11.3. The molecule has 1 atom stereocenters. The van der Waals surface area contributed by atoms with Crippen molar-refractivity contribution < 1.29 is 23.7 Å². The van der Waals surface area contributed by atoms with Crippen molar-refractivity contribution in [1.82, 2.24) is 0 Å². The van der Waals surface area contributed by atoms with E-state index in [0.29, 0.717) is 12.2 Å². The lowest BCUT2D eigenvalue weighted by molar-refractivity contribution is -0.139. The van der Waals surface area contributed by atoms with E-state index in [0.717, 1.165) is 68.8 Å². The maximum Gasteiger partial charge on any atom is 0.333 e. The fourth-order valence-electron chi connectivity index (χ4n) is 4.35. The number of carbonyl (C=O) groups excluding carboxylic acids is 1. The largest absolute Gasteiger partial charge is 0.494 e. The lowest BCUT2D eigenvalue weighted by atomic mass is 10.1. The molecular weight excluding hydrogens is 464 g/mol. The molecule has 5 nitrogen and oxygen atoms in total. The van der Waals surface area contributed by atoms with Crippen LogP contribution < -0.4 is 9.47 Å². The Bertz CT molecular complexity index is 913. The highest BCUT2D eigenvalue weighted by Crippen LogP contribution is 2.26. The predicted molar refractivity (Wildman–Crippen MR) is 149 cm³/mol. The number of rotatable bonds is 17. The summed E-state index contributed by atoms with van der Waals surface area (Å²) >= 11 is 0. The van der Waals surface area contributed by atoms with Crippen LogP contribution in [0.5, 0.6) is 11.5 Å². The molecule has 202 valence electrons. The second kappa shape index (κ2) is 16.9. The van der Waals surface area contributed by atoms with Gasteiger partial charge in [0.15, 0.2) is 6.29 Å². The van der Waals surface area contributed by atoms with Gasteiger partial charge in [-0.25, -0.2) is 4.79 Å². The zero-order valence-electron chi connectivity index (χ0n) is 22.6. The summed E-state index contributed by atoms with van der Waals surface area (Å²) < 4.78 is 22.6. The number of carbonyl (C=O) groups is 1. The fourth-order valence-corrected chi connectivity index (χ4v) is 4.35. The third-order valence-corrected chi connectivity index (χ3v) is 6.59. The van der Waals surface area contributed by atoms with Crippen molar-refractivity contribution in [1.29, 1.82) is 0 Å². The summed E-state index contributed by atoms with van der Waals surface area (Å²) in [5, 5.41) is 0. The van der Waals surface area contributed by atoms with Crippen LogP contribution >= 0.6 is 0 Å². The van der Waals surface area contributed by atoms with Crippen LogP contribution in [-0.2, 0) is 14.3 Å². The molecular formula is C32H44O5. The zero-order valence-corrected chi connectivity index (χ0v) is 22.6. The number of benzene rings is 2. The quantitative estimate of drug-likeness (QED) is 0.122. The Morgan fingerprint density at radius 2 is 1.32 bits per heavy atom. The Morgan fingerprint density at radius 3 is 1.86 bits per heavy atom. The molecule has 0 aliphatic carbocycles. The highest BCUT2D eigenvalue weighted by Gasteiger charge is 2.15. The minimum Gasteiger partial charge on any atom is -0.494 e. The molecule has 0 bridgehead atoms. The molecule has 0 spiro atoms. The van der Waals surface area contributed by atoms with Gasteiger partial charge in [0.2, 0.25) is 0 Å². The highest BCUT2D eigenvalue weighted by atomic mass is 16.7. The summed E-state index contributed by atoms with van der Waals surface area (Å²) in [5.41, 5.74) is 2.80. The van der Waals surface area contributed by atoms with E-state index in [1.807, 2.05) is 12.1 Å². The SMILES string of the molecule is C=C(C)C(=O)OCCCCCCCCCCCOc1ccc(-c2ccc(OC3CCCCO3)cc2)cc1. The van der Waals surface area contributed by atoms with Crippen LogP contribution in [0, 0.1) is 0 Å². The van der Waals surface area contributed by atoms with E-state index in [9.17, 15) is 4.79 Å². The van der Waals surface area contributed by atoms with Gasteiger partial charge < -0.3 is 18.9 Å². The van der Waals surface area contributed by atoms with Gasteiger partial charge in [0.25, 0.3) is 0 Å². The molecule has 1 aliphatic heterocycles. The van der Waals surface area contributed by atoms with E-state index in [-0.39, 0.29) is 12.3 Å². The van der Waals surface area contributed by atoms with Crippen molar-refractivity contribution in [2.24, 2.45) is 0 Å². The van der Waals surface area contributed by atoms with Crippen LogP contribution in [0.25, 0.3) is 11.1 Å². The standard InChI is InChI=1S/C32H44O5/c1-26(2)32(33)36-25-12-9-7-5-3-4-6-8-11-23-34-29-19-15-27(16-20-29)28-17-21-30(22-18-28)37-31-14-10-13-24-35-31/h15-22,31H,1,3-14,23-25H2,2H3. The average Bonchev–Trinajstić information content (AvgIpc) is 2.92. The van der Waals surface area contributed by atoms with E-state index in [2.05, 4.69) is 43.0 Å². The number of esters is 1. The molecule has 1 aliphatic rings. The molecule has 3 rings (SSSR count). The summed E-state index contributed by atoms with van der Waals surface area (Å²) in [5.74, 6) is 1.50. The molecule has 0 amide bonds. The van der Waals surface area contributed by atoms with Crippen LogP contribution in [0.4, 0.5) is 0 Å². The predicted octanol–water partition coefficient (Wildman–Crippen LogP) is 8.27. The molecule has 0 saturated carbocycles. The molecule has 1 fully saturated rings. The van der Waals surface area contributed by atoms with E-state index in [1.54, 1.807) is 6.92 Å². The van der Waals surface area contributed by atoms with Crippen molar-refractivity contribution in [3.63, 3.8) is 0 Å². The first-order valence-electron chi connectivity index (χ1n) is 14.1. The Labute approximate surface area is 223 Å². The Kier molecular flexibility index (Phi) is 13.1. The lowest BCUT2D eigenvalue weighted by Gasteiger charge is -2.23. The summed E-state index contributed by atoms with van der Waals surface area (Å²) in [6.07, 6.45) is 13.7. The second-order valence-electron chi connectivity index (χ2n) is 9.91. The van der Waals surface area contributed by atoms with Gasteiger partial charge in [0.05, 0.1) is 19.8 Å². The average molecular weight is 509 g/mol. The highest BCUT2D eigenvalue weighted by molar-refractivity contribution is 5.86. The van der Waals surface area contributed by atoms with Crippen LogP contribution in [0.15, 0.2) is 60.7 Å². The van der Waals surface area contributed by atoms with Crippen LogP contribution in [0.3, 0.4) is 0 Å². The number of unbranched alkanes of at least 4 members (excludes halogenated alkanes) is 8. The maximum atomic E-state index is 11.3. The summed E-state index contributed by atoms with van der Waals surface area (Å²) in [6.45, 7) is 7.32. The summed E-state index contributed by atoms with van der Waals surface area (Å²) in [6, 6.07) is 16.5. The molecule has 2 aromatic rings. The number of ether oxygens (including phenoxy) is 4. The van der Waals surface area contributed by atoms with E-state index >= 15 is 0 Å². The van der Waals surface area contributed by atoms with Gasteiger partial charge >= 0.3 is 5.97 Å². The van der Waals surface area contributed by atoms with Gasteiger partial charge in [-0.05, 0) is 68.0 Å². The molecule has 0 N–H and O–H groups in total. The maximum absolute atomic E-state index is 11.3. The van der Waals surface area contributed by atoms with Crippen LogP contribution in [0.2, 0.25) is 0 Å². The van der Waals surface area contributed by atoms with Crippen molar-refractivity contribution in [3.05, 3.63) is 60.7 Å². The normalized spacial score (nSPS) is 15.2. The fraction of sp³-hybridized carbons (Fsp3) is 0.531. The van der Waals surface area contributed by atoms with Gasteiger partial charge in [0.1, 0.15) is 11.5 Å². The lowest BCUT2D eigenvalue weighted by Crippen LogP contribution is -2.24. The topological polar surface area (TPSA) is 54.0 Å². The summed E-state index contributed by atoms with van der Waals surface area (Å²) in [7, 11) is 0. The Morgan fingerprint density at radius 1 is 0.784 bits per heavy atom. The number of hydrogen-bond acceptors (Lipinski definition) is 5. The van der Waals surface area contributed by atoms with E-state index in [1.165, 1.54) is 44.1 Å². The Hall–Kier alpha value is -2.79. The molecule has 5 heteroatoms. The van der Waals surface area contributed by atoms with Crippen molar-refractivity contribution in [2.45, 2.75) is 90.3 Å². The van der Waals surface area contributed by atoms with E-state index < -0.39 is 0 Å². The van der Waals surface area contributed by atoms with Gasteiger partial charge in [-0.2, -0.15) is 0 Å². The first kappa shape index (κ1) is 28.8. The van der Waals surface area contributed by atoms with Gasteiger partial charge in [-0.3, -0.25) is 0 Å². The van der Waals surface area contributed by atoms with Crippen molar-refractivity contribution in [3.8, 4) is 22.6 Å². The van der Waals surface area contributed by atoms with Gasteiger partial charge in [-0.15, -0.1) is 0 Å². The second-order valence-corrected chi connectivity index (χ2v) is 9.91. The molecule has 0 radical (unpaired) electrons. The third kappa shape index (κ3) is 11.4. The molecule has 0 aromatic heterocycles. The smallest absolute Gasteiger partial charge is 0.333 e.